The van der Waals surface area contributed by atoms with Crippen molar-refractivity contribution < 1.29 is 21.9 Å². The summed E-state index contributed by atoms with van der Waals surface area (Å²) in [5, 5.41) is 7.26. The van der Waals surface area contributed by atoms with Gasteiger partial charge in [-0.15, -0.1) is 10.2 Å². The number of ether oxygens (including phenoxy) is 1. The molecule has 2 aliphatic heterocycles. The zero-order chi connectivity index (χ0) is 23.7. The normalized spacial score (nSPS) is 24.2. The number of hydrogen-bond acceptors (Lipinski definition) is 8. The molecule has 9 nitrogen and oxygen atoms in total. The third-order valence-electron chi connectivity index (χ3n) is 7.07. The molecule has 1 atom stereocenters. The minimum Gasteiger partial charge on any atom is -0.381 e. The number of sulfonamides is 1. The Bertz CT molecular complexity index is 1360. The van der Waals surface area contributed by atoms with Gasteiger partial charge < -0.3 is 9.64 Å². The maximum atomic E-state index is 13.3. The molecule has 3 aromatic heterocycles. The number of imidazole rings is 1. The molecule has 182 valence electrons. The number of nitrogens with zero attached hydrogens (tertiary/aromatic N) is 5. The van der Waals surface area contributed by atoms with Crippen LogP contribution in [0, 0.1) is 5.41 Å². The molecule has 1 unspecified atom stereocenters. The van der Waals surface area contributed by atoms with E-state index in [9.17, 15) is 17.2 Å². The fraction of sp³-hybridized carbons (Fsp3) is 0.571. The largest absolute Gasteiger partial charge is 0.381 e. The first-order chi connectivity index (χ1) is 16.2. The first-order valence-electron chi connectivity index (χ1n) is 11.2. The molecule has 1 spiro atoms. The van der Waals surface area contributed by atoms with Gasteiger partial charge in [0.1, 0.15) is 4.90 Å². The van der Waals surface area contributed by atoms with Gasteiger partial charge in [0.25, 0.3) is 6.43 Å². The summed E-state index contributed by atoms with van der Waals surface area (Å²) in [7, 11) is -3.81. The Kier molecular flexibility index (Phi) is 5.00. The second kappa shape index (κ2) is 7.64. The molecule has 1 N–H and O–H groups in total. The zero-order valence-corrected chi connectivity index (χ0v) is 20.1. The molecular formula is C21H24F2N6O3S2. The topological polar surface area (TPSA) is 102 Å². The van der Waals surface area contributed by atoms with Gasteiger partial charge in [-0.25, -0.2) is 26.9 Å². The van der Waals surface area contributed by atoms with Crippen LogP contribution in [0.2, 0.25) is 0 Å². The van der Waals surface area contributed by atoms with E-state index in [0.717, 1.165) is 62.4 Å². The lowest BCUT2D eigenvalue weighted by Gasteiger charge is -2.25. The molecular weight excluding hydrogens is 486 g/mol. The van der Waals surface area contributed by atoms with Crippen LogP contribution >= 0.6 is 11.3 Å². The van der Waals surface area contributed by atoms with Gasteiger partial charge in [0.15, 0.2) is 15.8 Å². The van der Waals surface area contributed by atoms with Gasteiger partial charge in [-0.1, -0.05) is 11.3 Å². The molecule has 1 saturated carbocycles. The Balaban J connectivity index is 1.48. The Morgan fingerprint density at radius 1 is 1.24 bits per heavy atom. The number of aromatic nitrogens is 4. The summed E-state index contributed by atoms with van der Waals surface area (Å²) in [6.45, 7) is 4.84. The molecule has 2 saturated heterocycles. The number of nitrogens with one attached hydrogen (secondary N) is 1. The monoisotopic (exact) mass is 510 g/mol. The fourth-order valence-corrected chi connectivity index (χ4v) is 6.99. The third kappa shape index (κ3) is 3.78. The third-order valence-corrected chi connectivity index (χ3v) is 9.60. The predicted octanol–water partition coefficient (Wildman–Crippen LogP) is 3.24. The van der Waals surface area contributed by atoms with Crippen molar-refractivity contribution in [1.29, 1.82) is 0 Å². The van der Waals surface area contributed by atoms with Crippen LogP contribution in [-0.2, 0) is 14.8 Å². The van der Waals surface area contributed by atoms with Gasteiger partial charge in [-0.2, -0.15) is 0 Å². The van der Waals surface area contributed by atoms with Gasteiger partial charge in [0.05, 0.1) is 24.0 Å². The van der Waals surface area contributed by atoms with Crippen LogP contribution in [0.5, 0.6) is 0 Å². The summed E-state index contributed by atoms with van der Waals surface area (Å²) in [5.41, 5.74) is 1.07. The lowest BCUT2D eigenvalue weighted by Crippen LogP contribution is -2.34. The van der Waals surface area contributed by atoms with Crippen molar-refractivity contribution in [1.82, 2.24) is 24.3 Å². The number of pyridine rings is 1. The van der Waals surface area contributed by atoms with Crippen LogP contribution in [0.3, 0.4) is 0 Å². The van der Waals surface area contributed by atoms with Crippen molar-refractivity contribution in [2.75, 3.05) is 31.2 Å². The molecule has 1 aliphatic carbocycles. The van der Waals surface area contributed by atoms with E-state index in [1.807, 2.05) is 6.92 Å². The first-order valence-corrected chi connectivity index (χ1v) is 13.5. The van der Waals surface area contributed by atoms with Crippen molar-refractivity contribution >= 4 is 32.6 Å². The second-order valence-electron chi connectivity index (χ2n) is 9.78. The number of hydrogen-bond donors (Lipinski definition) is 1. The van der Waals surface area contributed by atoms with Crippen molar-refractivity contribution in [2.24, 2.45) is 5.41 Å². The second-order valence-corrected chi connectivity index (χ2v) is 12.5. The highest BCUT2D eigenvalue weighted by atomic mass is 32.2. The molecule has 13 heteroatoms. The highest BCUT2D eigenvalue weighted by Crippen LogP contribution is 2.42. The van der Waals surface area contributed by atoms with E-state index >= 15 is 0 Å². The molecule has 0 radical (unpaired) electrons. The quantitative estimate of drug-likeness (QED) is 0.543. The standard InChI is InChI=1S/C21H24F2N6O3S2/c1-20(2-3-20)27-34(30,31)13-8-14(28-6-4-21(11-28)5-7-32-12-21)15-9-24-17(29(15)10-13)19-26-25-18(33-19)16(22)23/h8-10,16,27H,2-7,11-12H2,1H3. The highest BCUT2D eigenvalue weighted by molar-refractivity contribution is 7.89. The Labute approximate surface area is 199 Å². The lowest BCUT2D eigenvalue weighted by atomic mass is 9.87. The number of rotatable bonds is 6. The van der Waals surface area contributed by atoms with Gasteiger partial charge in [0, 0.05) is 36.8 Å². The number of alkyl halides is 2. The molecule has 3 fully saturated rings. The minimum absolute atomic E-state index is 0.0693. The van der Waals surface area contributed by atoms with Gasteiger partial charge >= 0.3 is 0 Å². The van der Waals surface area contributed by atoms with Crippen LogP contribution in [0.4, 0.5) is 14.5 Å². The molecule has 3 aliphatic rings. The smallest absolute Gasteiger partial charge is 0.291 e. The van der Waals surface area contributed by atoms with E-state index in [-0.39, 0.29) is 21.1 Å². The summed E-state index contributed by atoms with van der Waals surface area (Å²) in [5.74, 6) is 0.286. The van der Waals surface area contributed by atoms with E-state index < -0.39 is 27.0 Å². The lowest BCUT2D eigenvalue weighted by molar-refractivity contribution is 0.150. The van der Waals surface area contributed by atoms with Crippen LogP contribution in [-0.4, -0.2) is 59.8 Å². The molecule has 0 aromatic carbocycles. The molecule has 3 aromatic rings. The highest BCUT2D eigenvalue weighted by Gasteiger charge is 2.43. The van der Waals surface area contributed by atoms with Crippen molar-refractivity contribution in [3.05, 3.63) is 23.5 Å². The summed E-state index contributed by atoms with van der Waals surface area (Å²) < 4.78 is 62.9. The van der Waals surface area contributed by atoms with E-state index in [0.29, 0.717) is 12.1 Å². The van der Waals surface area contributed by atoms with Gasteiger partial charge in [-0.05, 0) is 38.7 Å². The van der Waals surface area contributed by atoms with Crippen LogP contribution in [0.25, 0.3) is 16.3 Å². The van der Waals surface area contributed by atoms with E-state index in [1.165, 1.54) is 6.20 Å². The van der Waals surface area contributed by atoms with Crippen molar-refractivity contribution in [3.63, 3.8) is 0 Å². The van der Waals surface area contributed by atoms with Crippen molar-refractivity contribution in [2.45, 2.75) is 49.5 Å². The molecule has 6 rings (SSSR count). The van der Waals surface area contributed by atoms with Crippen molar-refractivity contribution in [3.8, 4) is 10.8 Å². The maximum Gasteiger partial charge on any atom is 0.291 e. The number of halogens is 2. The van der Waals surface area contributed by atoms with Crippen LogP contribution in [0.15, 0.2) is 23.4 Å². The Morgan fingerprint density at radius 2 is 2.06 bits per heavy atom. The first kappa shape index (κ1) is 22.3. The Hall–Kier alpha value is -2.22. The fourth-order valence-electron chi connectivity index (χ4n) is 4.81. The summed E-state index contributed by atoms with van der Waals surface area (Å²) in [6.07, 6.45) is 3.90. The van der Waals surface area contributed by atoms with Gasteiger partial charge in [-0.3, -0.25) is 4.40 Å². The SMILES string of the molecule is CC1(NS(=O)(=O)c2cc(N3CCC4(CCOC4)C3)c3cnc(-c4nnc(C(F)F)s4)n3c2)CC1. The zero-order valence-electron chi connectivity index (χ0n) is 18.5. The minimum atomic E-state index is -3.81. The van der Waals surface area contributed by atoms with Gasteiger partial charge in [0.2, 0.25) is 10.0 Å². The molecule has 5 heterocycles. The summed E-state index contributed by atoms with van der Waals surface area (Å²) in [4.78, 5) is 6.71. The average molecular weight is 511 g/mol. The average Bonchev–Trinajstić information content (AvgIpc) is 3.34. The molecule has 0 bridgehead atoms. The molecule has 34 heavy (non-hydrogen) atoms. The van der Waals surface area contributed by atoms with Crippen LogP contribution < -0.4 is 9.62 Å². The summed E-state index contributed by atoms with van der Waals surface area (Å²) in [6, 6.07) is 1.69. The van der Waals surface area contributed by atoms with E-state index in [4.69, 9.17) is 4.74 Å². The van der Waals surface area contributed by atoms with Crippen LogP contribution in [0.1, 0.15) is 44.0 Å². The maximum absolute atomic E-state index is 13.3. The number of fused-ring (bicyclic) bond motifs is 1. The summed E-state index contributed by atoms with van der Waals surface area (Å²) >= 11 is 0.750. The molecule has 0 amide bonds. The predicted molar refractivity (Wildman–Crippen MR) is 122 cm³/mol. The van der Waals surface area contributed by atoms with E-state index in [1.54, 1.807) is 16.7 Å². The number of anilines is 1. The van der Waals surface area contributed by atoms with E-state index in [2.05, 4.69) is 24.8 Å². The Morgan fingerprint density at radius 3 is 2.74 bits per heavy atom.